The molecular formula is C23H28N4O2. The second-order valence-electron chi connectivity index (χ2n) is 7.76. The van der Waals surface area contributed by atoms with Crippen molar-refractivity contribution in [1.29, 1.82) is 0 Å². The molecule has 1 saturated carbocycles. The molecule has 0 amide bonds. The molecule has 2 aromatic heterocycles. The molecule has 0 bridgehead atoms. The summed E-state index contributed by atoms with van der Waals surface area (Å²) >= 11 is 0. The molecule has 1 aliphatic carbocycles. The highest BCUT2D eigenvalue weighted by Crippen LogP contribution is 2.35. The Kier molecular flexibility index (Phi) is 5.90. The molecule has 1 aromatic carbocycles. The van der Waals surface area contributed by atoms with E-state index in [-0.39, 0.29) is 6.10 Å². The molecule has 4 rings (SSSR count). The van der Waals surface area contributed by atoms with Gasteiger partial charge in [-0.05, 0) is 63.8 Å². The van der Waals surface area contributed by atoms with Crippen LogP contribution in [0.5, 0.6) is 5.75 Å². The van der Waals surface area contributed by atoms with E-state index in [0.717, 1.165) is 54.5 Å². The third-order valence-electron chi connectivity index (χ3n) is 5.61. The third kappa shape index (κ3) is 4.32. The van der Waals surface area contributed by atoms with E-state index in [4.69, 9.17) is 9.47 Å². The van der Waals surface area contributed by atoms with Gasteiger partial charge in [0.2, 0.25) is 0 Å². The Balaban J connectivity index is 1.51. The van der Waals surface area contributed by atoms with E-state index in [0.29, 0.717) is 12.5 Å². The monoisotopic (exact) mass is 392 g/mol. The number of aryl methyl sites for hydroxylation is 2. The zero-order valence-electron chi connectivity index (χ0n) is 17.3. The predicted molar refractivity (Wildman–Crippen MR) is 111 cm³/mol. The maximum Gasteiger partial charge on any atom is 0.163 e. The van der Waals surface area contributed by atoms with Crippen LogP contribution in [-0.4, -0.2) is 33.0 Å². The molecule has 2 heterocycles. The molecule has 0 saturated heterocycles. The van der Waals surface area contributed by atoms with E-state index < -0.39 is 0 Å². The molecule has 0 atom stereocenters. The first kappa shape index (κ1) is 19.6. The molecule has 1 fully saturated rings. The predicted octanol–water partition coefficient (Wildman–Crippen LogP) is 4.53. The lowest BCUT2D eigenvalue weighted by Crippen LogP contribution is -2.25. The zero-order valence-corrected chi connectivity index (χ0v) is 17.3. The van der Waals surface area contributed by atoms with Gasteiger partial charge in [-0.1, -0.05) is 17.7 Å². The second-order valence-corrected chi connectivity index (χ2v) is 7.76. The van der Waals surface area contributed by atoms with Crippen molar-refractivity contribution in [2.24, 2.45) is 0 Å². The number of methoxy groups -OCH3 is 1. The van der Waals surface area contributed by atoms with E-state index in [9.17, 15) is 0 Å². The van der Waals surface area contributed by atoms with Crippen molar-refractivity contribution in [3.8, 4) is 11.4 Å². The lowest BCUT2D eigenvalue weighted by Gasteiger charge is -2.29. The minimum atomic E-state index is 0.225. The highest BCUT2D eigenvalue weighted by Gasteiger charge is 2.29. The number of rotatable bonds is 6. The quantitative estimate of drug-likeness (QED) is 0.617. The first-order valence-electron chi connectivity index (χ1n) is 10.2. The summed E-state index contributed by atoms with van der Waals surface area (Å²) in [7, 11) is 1.69. The summed E-state index contributed by atoms with van der Waals surface area (Å²) in [4.78, 5) is 4.32. The average Bonchev–Trinajstić information content (AvgIpc) is 3.15. The molecule has 1 aliphatic rings. The van der Waals surface area contributed by atoms with Gasteiger partial charge in [0.05, 0.1) is 11.8 Å². The van der Waals surface area contributed by atoms with E-state index in [1.54, 1.807) is 13.3 Å². The summed E-state index contributed by atoms with van der Waals surface area (Å²) in [5, 5.41) is 8.99. The van der Waals surface area contributed by atoms with Gasteiger partial charge in [-0.3, -0.25) is 9.55 Å². The number of ether oxygens (including phenoxy) is 2. The van der Waals surface area contributed by atoms with Crippen molar-refractivity contribution >= 4 is 0 Å². The number of pyridine rings is 1. The summed E-state index contributed by atoms with van der Waals surface area (Å²) in [6.45, 7) is 4.53. The number of benzene rings is 1. The maximum absolute atomic E-state index is 6.22. The molecule has 29 heavy (non-hydrogen) atoms. The van der Waals surface area contributed by atoms with E-state index in [1.807, 2.05) is 19.1 Å². The van der Waals surface area contributed by atoms with Crippen molar-refractivity contribution < 1.29 is 9.47 Å². The van der Waals surface area contributed by atoms with E-state index in [2.05, 4.69) is 50.9 Å². The smallest absolute Gasteiger partial charge is 0.163 e. The summed E-state index contributed by atoms with van der Waals surface area (Å²) in [6, 6.07) is 12.4. The topological polar surface area (TPSA) is 62.1 Å². The van der Waals surface area contributed by atoms with Crippen LogP contribution in [0.15, 0.2) is 42.6 Å². The van der Waals surface area contributed by atoms with Crippen molar-refractivity contribution in [2.75, 3.05) is 7.11 Å². The largest absolute Gasteiger partial charge is 0.489 e. The number of nitrogens with zero attached hydrogens (tertiary/aromatic N) is 4. The first-order chi connectivity index (χ1) is 14.2. The Morgan fingerprint density at radius 3 is 2.45 bits per heavy atom. The third-order valence-corrected chi connectivity index (χ3v) is 5.61. The molecule has 0 unspecified atom stereocenters. The van der Waals surface area contributed by atoms with Crippen LogP contribution in [0.3, 0.4) is 0 Å². The summed E-state index contributed by atoms with van der Waals surface area (Å²) in [5.74, 6) is 3.12. The summed E-state index contributed by atoms with van der Waals surface area (Å²) in [6.07, 6.45) is 6.08. The van der Waals surface area contributed by atoms with Crippen LogP contribution in [0.2, 0.25) is 0 Å². The Labute approximate surface area is 171 Å². The van der Waals surface area contributed by atoms with Gasteiger partial charge in [0, 0.05) is 24.9 Å². The highest BCUT2D eigenvalue weighted by atomic mass is 16.5. The van der Waals surface area contributed by atoms with Crippen molar-refractivity contribution in [1.82, 2.24) is 19.7 Å². The normalized spacial score (nSPS) is 19.3. The van der Waals surface area contributed by atoms with Crippen LogP contribution in [0, 0.1) is 13.8 Å². The number of hydrogen-bond donors (Lipinski definition) is 0. The minimum Gasteiger partial charge on any atom is -0.489 e. The Morgan fingerprint density at radius 2 is 1.76 bits per heavy atom. The van der Waals surface area contributed by atoms with Crippen molar-refractivity contribution in [3.05, 3.63) is 65.5 Å². The van der Waals surface area contributed by atoms with Gasteiger partial charge in [-0.15, -0.1) is 10.2 Å². The summed E-state index contributed by atoms with van der Waals surface area (Å²) in [5.41, 5.74) is 3.27. The Morgan fingerprint density at radius 1 is 1.00 bits per heavy atom. The molecular weight excluding hydrogens is 364 g/mol. The van der Waals surface area contributed by atoms with Gasteiger partial charge in [-0.2, -0.15) is 0 Å². The van der Waals surface area contributed by atoms with Crippen LogP contribution in [0.4, 0.5) is 0 Å². The molecule has 6 nitrogen and oxygen atoms in total. The highest BCUT2D eigenvalue weighted by molar-refractivity contribution is 5.37. The standard InChI is InChI=1S/C23H28N4O2/c1-16-6-10-19(11-7-16)27-22(15-28-3)25-26-23(27)18-8-12-20(13-9-18)29-21-5-4-14-24-17(21)2/h4-7,10-11,14,18,20H,8-9,12-13,15H2,1-3H3/t18-,20-. The lowest BCUT2D eigenvalue weighted by molar-refractivity contribution is 0.143. The van der Waals surface area contributed by atoms with Crippen LogP contribution < -0.4 is 4.74 Å². The molecule has 0 aliphatic heterocycles. The fraction of sp³-hybridized carbons (Fsp3) is 0.435. The van der Waals surface area contributed by atoms with Gasteiger partial charge in [0.15, 0.2) is 5.82 Å². The SMILES string of the molecule is COCc1nnc([C@H]2CC[C@H](Oc3cccnc3C)CC2)n1-c1ccc(C)cc1. The van der Waals surface area contributed by atoms with Crippen LogP contribution in [-0.2, 0) is 11.3 Å². The first-order valence-corrected chi connectivity index (χ1v) is 10.2. The molecule has 152 valence electrons. The van der Waals surface area contributed by atoms with Crippen LogP contribution in [0.1, 0.15) is 54.5 Å². The lowest BCUT2D eigenvalue weighted by atomic mass is 9.86. The van der Waals surface area contributed by atoms with Crippen LogP contribution in [0.25, 0.3) is 5.69 Å². The molecule has 0 N–H and O–H groups in total. The fourth-order valence-electron chi connectivity index (χ4n) is 4.00. The summed E-state index contributed by atoms with van der Waals surface area (Å²) < 4.78 is 13.7. The van der Waals surface area contributed by atoms with Gasteiger partial charge in [-0.25, -0.2) is 0 Å². The van der Waals surface area contributed by atoms with Gasteiger partial charge >= 0.3 is 0 Å². The van der Waals surface area contributed by atoms with E-state index in [1.165, 1.54) is 5.56 Å². The fourth-order valence-corrected chi connectivity index (χ4v) is 4.00. The van der Waals surface area contributed by atoms with Gasteiger partial charge in [0.1, 0.15) is 18.2 Å². The number of hydrogen-bond acceptors (Lipinski definition) is 5. The van der Waals surface area contributed by atoms with Gasteiger partial charge in [0.25, 0.3) is 0 Å². The average molecular weight is 393 g/mol. The molecule has 6 heteroatoms. The van der Waals surface area contributed by atoms with Crippen LogP contribution >= 0.6 is 0 Å². The zero-order chi connectivity index (χ0) is 20.2. The molecule has 0 spiro atoms. The van der Waals surface area contributed by atoms with Crippen molar-refractivity contribution in [3.63, 3.8) is 0 Å². The van der Waals surface area contributed by atoms with Crippen molar-refractivity contribution in [2.45, 2.75) is 58.2 Å². The maximum atomic E-state index is 6.22. The Hall–Kier alpha value is -2.73. The minimum absolute atomic E-state index is 0.225. The van der Waals surface area contributed by atoms with E-state index >= 15 is 0 Å². The van der Waals surface area contributed by atoms with Gasteiger partial charge < -0.3 is 9.47 Å². The second kappa shape index (κ2) is 8.74. The number of aromatic nitrogens is 4. The molecule has 3 aromatic rings. The Bertz CT molecular complexity index is 944. The molecule has 0 radical (unpaired) electrons.